The molecule has 0 N–H and O–H groups in total. The van der Waals surface area contributed by atoms with Crippen molar-refractivity contribution >= 4 is 11.8 Å². The summed E-state index contributed by atoms with van der Waals surface area (Å²) in [4.78, 5) is 24.8. The van der Waals surface area contributed by atoms with E-state index in [0.29, 0.717) is 34.8 Å². The molecule has 41 heavy (non-hydrogen) atoms. The highest BCUT2D eigenvalue weighted by Gasteiger charge is 2.25. The third kappa shape index (κ3) is 7.12. The Hall–Kier alpha value is -4.64. The van der Waals surface area contributed by atoms with Gasteiger partial charge in [-0.3, -0.25) is 4.79 Å². The lowest BCUT2D eigenvalue weighted by atomic mass is 9.77. The van der Waals surface area contributed by atoms with E-state index in [1.54, 1.807) is 24.3 Å². The first-order valence-electron chi connectivity index (χ1n) is 13.8. The Morgan fingerprint density at radius 1 is 0.780 bits per heavy atom. The summed E-state index contributed by atoms with van der Waals surface area (Å²) in [6.45, 7) is 12.5. The molecule has 5 nitrogen and oxygen atoms in total. The van der Waals surface area contributed by atoms with Crippen LogP contribution in [-0.4, -0.2) is 18.4 Å². The van der Waals surface area contributed by atoms with Gasteiger partial charge in [0, 0.05) is 28.2 Å². The van der Waals surface area contributed by atoms with Gasteiger partial charge in [-0.25, -0.2) is 4.79 Å². The summed E-state index contributed by atoms with van der Waals surface area (Å²) in [7, 11) is 0. The summed E-state index contributed by atoms with van der Waals surface area (Å²) in [5.74, 6) is 1.40. The molecule has 0 bridgehead atoms. The normalized spacial score (nSPS) is 11.0. The van der Waals surface area contributed by atoms with E-state index < -0.39 is 5.97 Å². The van der Waals surface area contributed by atoms with E-state index in [-0.39, 0.29) is 17.8 Å². The van der Waals surface area contributed by atoms with E-state index in [1.807, 2.05) is 61.5 Å². The number of aryl methyl sites for hydroxylation is 1. The Kier molecular flexibility index (Phi) is 9.41. The fourth-order valence-electron chi connectivity index (χ4n) is 4.55. The molecular formula is C36H36O5. The van der Waals surface area contributed by atoms with Gasteiger partial charge in [0.15, 0.2) is 5.78 Å². The number of ether oxygens (including phenoxy) is 3. The van der Waals surface area contributed by atoms with Crippen LogP contribution in [0.5, 0.6) is 17.2 Å². The van der Waals surface area contributed by atoms with Crippen molar-refractivity contribution in [3.8, 4) is 17.2 Å². The number of carbonyl (C=O) groups excluding carboxylic acids is 2. The van der Waals surface area contributed by atoms with Crippen molar-refractivity contribution in [3.05, 3.63) is 137 Å². The maximum Gasteiger partial charge on any atom is 0.330 e. The summed E-state index contributed by atoms with van der Waals surface area (Å²) in [5, 5.41) is 0. The molecule has 0 spiro atoms. The summed E-state index contributed by atoms with van der Waals surface area (Å²) >= 11 is 0. The lowest BCUT2D eigenvalue weighted by molar-refractivity contribution is -0.139. The minimum absolute atomic E-state index is 0.0255. The van der Waals surface area contributed by atoms with Crippen LogP contribution >= 0.6 is 0 Å². The second kappa shape index (κ2) is 13.1. The van der Waals surface area contributed by atoms with Gasteiger partial charge in [-0.2, -0.15) is 0 Å². The monoisotopic (exact) mass is 548 g/mol. The zero-order valence-corrected chi connectivity index (χ0v) is 24.1. The molecule has 0 aliphatic carbocycles. The van der Waals surface area contributed by atoms with Crippen LogP contribution < -0.4 is 9.47 Å². The van der Waals surface area contributed by atoms with E-state index in [4.69, 9.17) is 14.2 Å². The van der Waals surface area contributed by atoms with Crippen LogP contribution in [0.25, 0.3) is 0 Å². The van der Waals surface area contributed by atoms with Crippen LogP contribution in [-0.2, 0) is 28.0 Å². The van der Waals surface area contributed by atoms with E-state index in [9.17, 15) is 9.59 Å². The highest BCUT2D eigenvalue weighted by Crippen LogP contribution is 2.36. The van der Waals surface area contributed by atoms with Crippen molar-refractivity contribution in [2.75, 3.05) is 6.61 Å². The van der Waals surface area contributed by atoms with Crippen molar-refractivity contribution < 1.29 is 23.8 Å². The molecule has 4 aromatic carbocycles. The summed E-state index contributed by atoms with van der Waals surface area (Å²) in [5.41, 5.74) is 4.95. The van der Waals surface area contributed by atoms with Gasteiger partial charge in [-0.05, 0) is 78.6 Å². The second-order valence-corrected chi connectivity index (χ2v) is 10.2. The van der Waals surface area contributed by atoms with E-state index in [1.165, 1.54) is 5.56 Å². The van der Waals surface area contributed by atoms with Gasteiger partial charge in [-0.1, -0.05) is 69.8 Å². The third-order valence-corrected chi connectivity index (χ3v) is 7.17. The molecule has 0 heterocycles. The molecule has 0 radical (unpaired) electrons. The maximum absolute atomic E-state index is 12.9. The van der Waals surface area contributed by atoms with Gasteiger partial charge in [0.2, 0.25) is 0 Å². The standard InChI is InChI=1S/C36H36O5/c1-6-25-9-11-26(12-10-25)35(38)27-13-18-32(19-14-27)41-33-22-17-30(23-28(33)24-40-34(37)7-2)36(4,5)29-15-20-31(21-16-29)39-8-3/h7,9-23H,2,6,8,24H2,1,3-5H3. The lowest BCUT2D eigenvalue weighted by Crippen LogP contribution is -2.19. The highest BCUT2D eigenvalue weighted by atomic mass is 16.5. The Bertz CT molecular complexity index is 1500. The molecule has 4 aromatic rings. The number of hydrogen-bond donors (Lipinski definition) is 0. The van der Waals surface area contributed by atoms with E-state index in [2.05, 4.69) is 39.5 Å². The molecule has 0 atom stereocenters. The summed E-state index contributed by atoms with van der Waals surface area (Å²) < 4.78 is 17.2. The quantitative estimate of drug-likeness (QED) is 0.101. The molecular weight excluding hydrogens is 512 g/mol. The van der Waals surface area contributed by atoms with Gasteiger partial charge in [0.1, 0.15) is 23.9 Å². The highest BCUT2D eigenvalue weighted by molar-refractivity contribution is 6.09. The van der Waals surface area contributed by atoms with Gasteiger partial charge in [0.05, 0.1) is 6.61 Å². The maximum atomic E-state index is 12.9. The zero-order valence-electron chi connectivity index (χ0n) is 24.1. The molecule has 0 saturated carbocycles. The first kappa shape index (κ1) is 29.3. The van der Waals surface area contributed by atoms with Crippen LogP contribution in [0, 0.1) is 0 Å². The van der Waals surface area contributed by atoms with Crippen LogP contribution in [0.3, 0.4) is 0 Å². The first-order valence-corrected chi connectivity index (χ1v) is 13.8. The Labute approximate surface area is 242 Å². The zero-order chi connectivity index (χ0) is 29.4. The topological polar surface area (TPSA) is 61.8 Å². The van der Waals surface area contributed by atoms with Crippen LogP contribution in [0.4, 0.5) is 0 Å². The minimum atomic E-state index is -0.512. The van der Waals surface area contributed by atoms with Crippen LogP contribution in [0.15, 0.2) is 104 Å². The predicted octanol–water partition coefficient (Wildman–Crippen LogP) is 8.23. The Balaban J connectivity index is 1.58. The molecule has 210 valence electrons. The van der Waals surface area contributed by atoms with Crippen molar-refractivity contribution in [1.29, 1.82) is 0 Å². The molecule has 0 unspecified atom stereocenters. The van der Waals surface area contributed by atoms with Crippen LogP contribution in [0.2, 0.25) is 0 Å². The number of hydrogen-bond acceptors (Lipinski definition) is 5. The second-order valence-electron chi connectivity index (χ2n) is 10.2. The lowest BCUT2D eigenvalue weighted by Gasteiger charge is -2.27. The van der Waals surface area contributed by atoms with E-state index >= 15 is 0 Å². The van der Waals surface area contributed by atoms with Crippen molar-refractivity contribution in [2.24, 2.45) is 0 Å². The molecule has 5 heteroatoms. The Morgan fingerprint density at radius 3 is 1.95 bits per heavy atom. The predicted molar refractivity (Wildman–Crippen MR) is 162 cm³/mol. The van der Waals surface area contributed by atoms with Gasteiger partial charge >= 0.3 is 5.97 Å². The Morgan fingerprint density at radius 2 is 1.37 bits per heavy atom. The molecule has 0 aliphatic heterocycles. The van der Waals surface area contributed by atoms with Crippen molar-refractivity contribution in [1.82, 2.24) is 0 Å². The molecule has 0 aromatic heterocycles. The molecule has 0 saturated heterocycles. The van der Waals surface area contributed by atoms with Gasteiger partial charge in [-0.15, -0.1) is 0 Å². The minimum Gasteiger partial charge on any atom is -0.494 e. The summed E-state index contributed by atoms with van der Waals surface area (Å²) in [6, 6.07) is 28.7. The van der Waals surface area contributed by atoms with E-state index in [0.717, 1.165) is 29.4 Å². The number of ketones is 1. The van der Waals surface area contributed by atoms with Gasteiger partial charge < -0.3 is 14.2 Å². The average molecular weight is 549 g/mol. The van der Waals surface area contributed by atoms with Crippen molar-refractivity contribution in [2.45, 2.75) is 46.1 Å². The number of benzene rings is 4. The molecule has 0 amide bonds. The number of rotatable bonds is 12. The first-order chi connectivity index (χ1) is 19.7. The SMILES string of the molecule is C=CC(=O)OCc1cc(C(C)(C)c2ccc(OCC)cc2)ccc1Oc1ccc(C(=O)c2ccc(CC)cc2)cc1. The molecule has 0 aliphatic rings. The average Bonchev–Trinajstić information content (AvgIpc) is 3.00. The summed E-state index contributed by atoms with van der Waals surface area (Å²) in [6.07, 6.45) is 2.06. The third-order valence-electron chi connectivity index (χ3n) is 7.17. The number of esters is 1. The number of carbonyl (C=O) groups is 2. The largest absolute Gasteiger partial charge is 0.494 e. The van der Waals surface area contributed by atoms with Crippen molar-refractivity contribution in [3.63, 3.8) is 0 Å². The van der Waals surface area contributed by atoms with Gasteiger partial charge in [0.25, 0.3) is 0 Å². The smallest absolute Gasteiger partial charge is 0.330 e. The van der Waals surface area contributed by atoms with Crippen LogP contribution in [0.1, 0.15) is 65.9 Å². The fraction of sp³-hybridized carbons (Fsp3) is 0.222. The molecule has 4 rings (SSSR count). The fourth-order valence-corrected chi connectivity index (χ4v) is 4.55. The molecule has 0 fully saturated rings.